The summed E-state index contributed by atoms with van der Waals surface area (Å²) in [4.78, 5) is 15.0. The van der Waals surface area contributed by atoms with Gasteiger partial charge in [-0.1, -0.05) is 86.1 Å². The number of thioether (sulfide) groups is 1. The summed E-state index contributed by atoms with van der Waals surface area (Å²) in [6, 6.07) is 22.1. The Hall–Kier alpha value is -3.12. The van der Waals surface area contributed by atoms with Crippen LogP contribution in [0, 0.1) is 0 Å². The predicted octanol–water partition coefficient (Wildman–Crippen LogP) is 5.87. The maximum Gasteiger partial charge on any atom is 0.242 e. The average molecular weight is 446 g/mol. The van der Waals surface area contributed by atoms with Crippen molar-refractivity contribution in [3.05, 3.63) is 77.9 Å². The number of hydrogen-bond donors (Lipinski definition) is 0. The normalized spacial score (nSPS) is 17.7. The quantitative estimate of drug-likeness (QED) is 0.322. The van der Waals surface area contributed by atoms with Gasteiger partial charge >= 0.3 is 0 Å². The van der Waals surface area contributed by atoms with Gasteiger partial charge in [0.1, 0.15) is 5.75 Å². The second-order valence-electron chi connectivity index (χ2n) is 7.68. The van der Waals surface area contributed by atoms with E-state index in [1.54, 1.807) is 18.2 Å². The number of amidine groups is 1. The molecule has 32 heavy (non-hydrogen) atoms. The number of unbranched alkanes of at least 4 members (excludes halogenated alkanes) is 1. The van der Waals surface area contributed by atoms with Crippen LogP contribution in [0.2, 0.25) is 0 Å². The van der Waals surface area contributed by atoms with Crippen LogP contribution in [0.5, 0.6) is 5.75 Å². The summed E-state index contributed by atoms with van der Waals surface area (Å²) < 4.78 is 5.38. The third-order valence-corrected chi connectivity index (χ3v) is 6.76. The van der Waals surface area contributed by atoms with Crippen molar-refractivity contribution in [3.8, 4) is 5.75 Å². The van der Waals surface area contributed by atoms with Crippen molar-refractivity contribution >= 4 is 39.8 Å². The molecular weight excluding hydrogens is 418 g/mol. The van der Waals surface area contributed by atoms with E-state index in [9.17, 15) is 4.79 Å². The first kappa shape index (κ1) is 22.1. The summed E-state index contributed by atoms with van der Waals surface area (Å²) in [6.07, 6.45) is 4.60. The molecule has 0 aromatic heterocycles. The van der Waals surface area contributed by atoms with Crippen LogP contribution in [-0.4, -0.2) is 34.5 Å². The first-order valence-electron chi connectivity index (χ1n) is 10.9. The summed E-state index contributed by atoms with van der Waals surface area (Å²) in [5.41, 5.74) is 1.95. The van der Waals surface area contributed by atoms with E-state index in [4.69, 9.17) is 4.74 Å². The van der Waals surface area contributed by atoms with Crippen molar-refractivity contribution in [2.75, 3.05) is 7.11 Å². The van der Waals surface area contributed by atoms with Crippen molar-refractivity contribution in [2.45, 2.75) is 38.0 Å². The molecule has 0 radical (unpaired) electrons. The lowest BCUT2D eigenvalue weighted by atomic mass is 10.0. The largest absolute Gasteiger partial charge is 0.496 e. The van der Waals surface area contributed by atoms with Crippen molar-refractivity contribution in [1.29, 1.82) is 0 Å². The third kappa shape index (κ3) is 4.86. The Kier molecular flexibility index (Phi) is 7.22. The second kappa shape index (κ2) is 10.5. The number of methoxy groups -OCH3 is 1. The molecule has 0 aliphatic carbocycles. The average Bonchev–Trinajstić information content (AvgIpc) is 3.12. The zero-order valence-corrected chi connectivity index (χ0v) is 19.2. The first-order valence-corrected chi connectivity index (χ1v) is 11.8. The number of carbonyl (C=O) groups excluding carboxylic acids is 1. The van der Waals surface area contributed by atoms with E-state index >= 15 is 0 Å². The molecular formula is C26H27N3O2S. The van der Waals surface area contributed by atoms with Crippen molar-refractivity contribution in [3.63, 3.8) is 0 Å². The van der Waals surface area contributed by atoms with E-state index in [1.807, 2.05) is 42.5 Å². The molecule has 0 spiro atoms. The molecule has 5 nitrogen and oxygen atoms in total. The van der Waals surface area contributed by atoms with Crippen LogP contribution in [0.3, 0.4) is 0 Å². The fourth-order valence-electron chi connectivity index (χ4n) is 3.82. The van der Waals surface area contributed by atoms with Crippen molar-refractivity contribution in [1.82, 2.24) is 4.90 Å². The fourth-order valence-corrected chi connectivity index (χ4v) is 4.96. The molecule has 1 aliphatic heterocycles. The lowest BCUT2D eigenvalue weighted by Gasteiger charge is -2.17. The highest BCUT2D eigenvalue weighted by atomic mass is 32.2. The minimum Gasteiger partial charge on any atom is -0.496 e. The Labute approximate surface area is 193 Å². The molecule has 1 amide bonds. The van der Waals surface area contributed by atoms with Gasteiger partial charge in [-0.05, 0) is 34.9 Å². The molecule has 1 unspecified atom stereocenters. The number of rotatable bonds is 8. The van der Waals surface area contributed by atoms with E-state index < -0.39 is 0 Å². The van der Waals surface area contributed by atoms with Gasteiger partial charge in [0, 0.05) is 5.56 Å². The monoisotopic (exact) mass is 445 g/mol. The molecule has 3 aromatic rings. The first-order chi connectivity index (χ1) is 15.7. The zero-order valence-electron chi connectivity index (χ0n) is 18.4. The smallest absolute Gasteiger partial charge is 0.242 e. The van der Waals surface area contributed by atoms with Crippen LogP contribution in [0.1, 0.15) is 37.3 Å². The Morgan fingerprint density at radius 2 is 1.84 bits per heavy atom. The van der Waals surface area contributed by atoms with E-state index in [0.717, 1.165) is 41.5 Å². The Morgan fingerprint density at radius 3 is 2.69 bits per heavy atom. The molecule has 1 heterocycles. The highest BCUT2D eigenvalue weighted by molar-refractivity contribution is 8.15. The maximum atomic E-state index is 13.2. The molecule has 164 valence electrons. The molecule has 0 saturated carbocycles. The highest BCUT2D eigenvalue weighted by Gasteiger charge is 2.37. The summed E-state index contributed by atoms with van der Waals surface area (Å²) in [5.74, 6) is 0.850. The van der Waals surface area contributed by atoms with Gasteiger partial charge in [0.15, 0.2) is 5.17 Å². The standard InChI is InChI=1S/C26H27N3O2S/c1-3-4-16-24-25(30)29(18-21-13-9-12-19-10-5-7-14-22(19)21)26(32-24)28-27-17-20-11-6-8-15-23(20)31-2/h5-15,17,24H,3-4,16,18H2,1-2H3. The van der Waals surface area contributed by atoms with Gasteiger partial charge in [0.2, 0.25) is 5.91 Å². The van der Waals surface area contributed by atoms with Gasteiger partial charge < -0.3 is 4.74 Å². The molecule has 4 rings (SSSR count). The predicted molar refractivity (Wildman–Crippen MR) is 133 cm³/mol. The summed E-state index contributed by atoms with van der Waals surface area (Å²) in [5, 5.41) is 11.6. The van der Waals surface area contributed by atoms with Crippen LogP contribution in [-0.2, 0) is 11.3 Å². The van der Waals surface area contributed by atoms with E-state index in [2.05, 4.69) is 41.4 Å². The molecule has 6 heteroatoms. The number of fused-ring (bicyclic) bond motifs is 1. The fraction of sp³-hybridized carbons (Fsp3) is 0.269. The SMILES string of the molecule is CCCCC1SC(=NN=Cc2ccccc2OC)N(Cc2cccc3ccccc23)C1=O. The Balaban J connectivity index is 1.63. The molecule has 1 fully saturated rings. The lowest BCUT2D eigenvalue weighted by molar-refractivity contribution is -0.126. The molecule has 1 saturated heterocycles. The summed E-state index contributed by atoms with van der Waals surface area (Å²) in [7, 11) is 1.63. The number of carbonyl (C=O) groups is 1. The van der Waals surface area contributed by atoms with Crippen LogP contribution in [0.25, 0.3) is 10.8 Å². The van der Waals surface area contributed by atoms with Crippen molar-refractivity contribution in [2.24, 2.45) is 10.2 Å². The number of hydrogen-bond acceptors (Lipinski definition) is 5. The van der Waals surface area contributed by atoms with Crippen molar-refractivity contribution < 1.29 is 9.53 Å². The van der Waals surface area contributed by atoms with E-state index in [-0.39, 0.29) is 11.2 Å². The van der Waals surface area contributed by atoms with Gasteiger partial charge in [0.25, 0.3) is 0 Å². The number of para-hydroxylation sites is 1. The topological polar surface area (TPSA) is 54.3 Å². The molecule has 1 aliphatic rings. The third-order valence-electron chi connectivity index (χ3n) is 5.53. The molecule has 3 aromatic carbocycles. The molecule has 1 atom stereocenters. The van der Waals surface area contributed by atoms with Crippen LogP contribution < -0.4 is 4.74 Å². The van der Waals surface area contributed by atoms with Crippen LogP contribution >= 0.6 is 11.8 Å². The molecule has 0 bridgehead atoms. The van der Waals surface area contributed by atoms with Gasteiger partial charge in [0.05, 0.1) is 25.1 Å². The van der Waals surface area contributed by atoms with Gasteiger partial charge in [-0.25, -0.2) is 0 Å². The second-order valence-corrected chi connectivity index (χ2v) is 8.85. The van der Waals surface area contributed by atoms with Crippen LogP contribution in [0.4, 0.5) is 0 Å². The zero-order chi connectivity index (χ0) is 22.3. The van der Waals surface area contributed by atoms with Gasteiger partial charge in [-0.2, -0.15) is 5.10 Å². The van der Waals surface area contributed by atoms with Gasteiger partial charge in [-0.15, -0.1) is 5.10 Å². The van der Waals surface area contributed by atoms with E-state index in [0.29, 0.717) is 11.7 Å². The van der Waals surface area contributed by atoms with Gasteiger partial charge in [-0.3, -0.25) is 9.69 Å². The summed E-state index contributed by atoms with van der Waals surface area (Å²) >= 11 is 1.52. The Bertz CT molecular complexity index is 1150. The number of benzene rings is 3. The molecule has 0 N–H and O–H groups in total. The minimum atomic E-state index is -0.106. The minimum absolute atomic E-state index is 0.106. The number of ether oxygens (including phenoxy) is 1. The van der Waals surface area contributed by atoms with Crippen LogP contribution in [0.15, 0.2) is 76.9 Å². The summed E-state index contributed by atoms with van der Waals surface area (Å²) in [6.45, 7) is 2.63. The highest BCUT2D eigenvalue weighted by Crippen LogP contribution is 2.33. The lowest BCUT2D eigenvalue weighted by Crippen LogP contribution is -2.31. The number of amides is 1. The Morgan fingerprint density at radius 1 is 1.06 bits per heavy atom. The number of nitrogens with zero attached hydrogens (tertiary/aromatic N) is 3. The maximum absolute atomic E-state index is 13.2. The van der Waals surface area contributed by atoms with E-state index in [1.165, 1.54) is 17.1 Å².